The summed E-state index contributed by atoms with van der Waals surface area (Å²) in [5.41, 5.74) is 0.493. The van der Waals surface area contributed by atoms with Crippen molar-refractivity contribution in [2.24, 2.45) is 0 Å². The first kappa shape index (κ1) is 14.2. The van der Waals surface area contributed by atoms with Gasteiger partial charge >= 0.3 is 12.2 Å². The minimum Gasteiger partial charge on any atom is -0.465 e. The van der Waals surface area contributed by atoms with E-state index in [4.69, 9.17) is 9.84 Å². The predicted octanol–water partition coefficient (Wildman–Crippen LogP) is 1.72. The Kier molecular flexibility index (Phi) is 3.56. The summed E-state index contributed by atoms with van der Waals surface area (Å²) in [7, 11) is 0. The molecule has 0 bridgehead atoms. The van der Waals surface area contributed by atoms with E-state index in [-0.39, 0.29) is 6.54 Å². The lowest BCUT2D eigenvalue weighted by Gasteiger charge is -2.30. The summed E-state index contributed by atoms with van der Waals surface area (Å²) in [5, 5.41) is 15.1. The van der Waals surface area contributed by atoms with Gasteiger partial charge in [-0.25, -0.2) is 9.59 Å². The summed E-state index contributed by atoms with van der Waals surface area (Å²) in [4.78, 5) is 24.3. The molecule has 0 radical (unpaired) electrons. The van der Waals surface area contributed by atoms with Crippen LogP contribution in [0.25, 0.3) is 0 Å². The molecule has 20 heavy (non-hydrogen) atoms. The third kappa shape index (κ3) is 3.19. The van der Waals surface area contributed by atoms with Crippen molar-refractivity contribution < 1.29 is 19.4 Å². The fraction of sp³-hybridized carbons (Fsp3) is 0.583. The van der Waals surface area contributed by atoms with E-state index >= 15 is 0 Å². The normalized spacial score (nSPS) is 14.7. The van der Waals surface area contributed by atoms with Crippen LogP contribution in [-0.4, -0.2) is 44.1 Å². The van der Waals surface area contributed by atoms with Gasteiger partial charge in [-0.3, -0.25) is 10.00 Å². The quantitative estimate of drug-likeness (QED) is 0.817. The zero-order valence-corrected chi connectivity index (χ0v) is 11.7. The van der Waals surface area contributed by atoms with Crippen LogP contribution in [0, 0.1) is 0 Å². The molecule has 2 rings (SSSR count). The average molecular weight is 282 g/mol. The summed E-state index contributed by atoms with van der Waals surface area (Å²) in [6, 6.07) is 0. The van der Waals surface area contributed by atoms with E-state index in [2.05, 4.69) is 10.4 Å². The number of carbonyl (C=O) groups excluding carboxylic acids is 1. The second-order valence-corrected chi connectivity index (χ2v) is 5.56. The Labute approximate surface area is 116 Å². The highest BCUT2D eigenvalue weighted by atomic mass is 16.6. The molecule has 2 heterocycles. The van der Waals surface area contributed by atoms with Crippen LogP contribution >= 0.6 is 0 Å². The number of carbonyl (C=O) groups is 2. The molecule has 8 nitrogen and oxygen atoms in total. The Hall–Kier alpha value is -2.25. The summed E-state index contributed by atoms with van der Waals surface area (Å²) in [6.07, 6.45) is -0.122. The van der Waals surface area contributed by atoms with Crippen molar-refractivity contribution in [2.75, 3.05) is 11.9 Å². The first-order valence-electron chi connectivity index (χ1n) is 6.29. The van der Waals surface area contributed by atoms with E-state index in [0.29, 0.717) is 24.5 Å². The first-order chi connectivity index (χ1) is 9.26. The molecule has 8 heteroatoms. The lowest BCUT2D eigenvalue weighted by atomic mass is 10.2. The topological polar surface area (TPSA) is 96.7 Å². The molecule has 1 aromatic rings. The van der Waals surface area contributed by atoms with E-state index in [1.807, 2.05) is 0 Å². The number of nitrogens with zero attached hydrogens (tertiary/aromatic N) is 3. The number of hydrogen-bond acceptors (Lipinski definition) is 4. The van der Waals surface area contributed by atoms with Gasteiger partial charge in [0.15, 0.2) is 0 Å². The third-order valence-corrected chi connectivity index (χ3v) is 2.76. The molecule has 0 unspecified atom stereocenters. The zero-order valence-electron chi connectivity index (χ0n) is 11.7. The number of ether oxygens (including phenoxy) is 1. The number of rotatable bonds is 1. The highest BCUT2D eigenvalue weighted by Gasteiger charge is 2.28. The van der Waals surface area contributed by atoms with E-state index in [0.717, 1.165) is 0 Å². The minimum absolute atomic E-state index is 0.268. The predicted molar refractivity (Wildman–Crippen MR) is 70.5 cm³/mol. The SMILES string of the molecule is CC(C)(C)OC(=O)N1CCn2ncc(NC(=O)O)c2C1. The van der Waals surface area contributed by atoms with Crippen LogP contribution in [0.1, 0.15) is 26.5 Å². The second-order valence-electron chi connectivity index (χ2n) is 5.56. The molecule has 2 amide bonds. The lowest BCUT2D eigenvalue weighted by Crippen LogP contribution is -2.41. The van der Waals surface area contributed by atoms with Gasteiger partial charge in [0, 0.05) is 6.54 Å². The van der Waals surface area contributed by atoms with Crippen molar-refractivity contribution in [1.29, 1.82) is 0 Å². The van der Waals surface area contributed by atoms with Gasteiger partial charge in [-0.05, 0) is 20.8 Å². The second kappa shape index (κ2) is 5.03. The largest absolute Gasteiger partial charge is 0.465 e. The molecule has 2 N–H and O–H groups in total. The Bertz CT molecular complexity index is 532. The number of anilines is 1. The summed E-state index contributed by atoms with van der Waals surface area (Å²) in [5.74, 6) is 0. The Morgan fingerprint density at radius 1 is 1.40 bits per heavy atom. The fourth-order valence-electron chi connectivity index (χ4n) is 1.95. The van der Waals surface area contributed by atoms with Gasteiger partial charge in [0.05, 0.1) is 30.7 Å². The van der Waals surface area contributed by atoms with Crippen LogP contribution in [0.5, 0.6) is 0 Å². The van der Waals surface area contributed by atoms with E-state index < -0.39 is 17.8 Å². The van der Waals surface area contributed by atoms with Gasteiger partial charge < -0.3 is 14.7 Å². The summed E-state index contributed by atoms with van der Waals surface area (Å²) >= 11 is 0. The Morgan fingerprint density at radius 2 is 2.10 bits per heavy atom. The smallest absolute Gasteiger partial charge is 0.410 e. The fourth-order valence-corrected chi connectivity index (χ4v) is 1.95. The standard InChI is InChI=1S/C12H18N4O4/c1-12(2,3)20-11(19)15-4-5-16-9(7-15)8(6-13-16)14-10(17)18/h6,14H,4-5,7H2,1-3H3,(H,17,18). The van der Waals surface area contributed by atoms with Crippen molar-refractivity contribution in [1.82, 2.24) is 14.7 Å². The molecule has 1 aromatic heterocycles. The van der Waals surface area contributed by atoms with Gasteiger partial charge in [-0.2, -0.15) is 5.10 Å². The molecule has 0 spiro atoms. The van der Waals surface area contributed by atoms with Crippen molar-refractivity contribution in [3.63, 3.8) is 0 Å². The maximum atomic E-state index is 12.0. The average Bonchev–Trinajstić information content (AvgIpc) is 2.69. The monoisotopic (exact) mass is 282 g/mol. The molecule has 1 aliphatic heterocycles. The Balaban J connectivity index is 2.11. The Morgan fingerprint density at radius 3 is 2.70 bits per heavy atom. The van der Waals surface area contributed by atoms with Crippen LogP contribution in [-0.2, 0) is 17.8 Å². The summed E-state index contributed by atoms with van der Waals surface area (Å²) < 4.78 is 7.00. The van der Waals surface area contributed by atoms with Crippen molar-refractivity contribution >= 4 is 17.9 Å². The zero-order chi connectivity index (χ0) is 14.9. The van der Waals surface area contributed by atoms with Crippen LogP contribution in [0.3, 0.4) is 0 Å². The highest BCUT2D eigenvalue weighted by molar-refractivity contribution is 5.83. The molecule has 0 aromatic carbocycles. The molecular weight excluding hydrogens is 264 g/mol. The maximum Gasteiger partial charge on any atom is 0.410 e. The van der Waals surface area contributed by atoms with Gasteiger partial charge in [0.1, 0.15) is 5.60 Å². The van der Waals surface area contributed by atoms with E-state index in [1.54, 1.807) is 25.5 Å². The van der Waals surface area contributed by atoms with Gasteiger partial charge in [-0.15, -0.1) is 0 Å². The number of fused-ring (bicyclic) bond motifs is 1. The van der Waals surface area contributed by atoms with Crippen LogP contribution in [0.4, 0.5) is 15.3 Å². The number of amides is 2. The maximum absolute atomic E-state index is 12.0. The number of hydrogen-bond donors (Lipinski definition) is 2. The summed E-state index contributed by atoms with van der Waals surface area (Å²) in [6.45, 7) is 6.67. The molecule has 1 aliphatic rings. The van der Waals surface area contributed by atoms with E-state index in [1.165, 1.54) is 11.1 Å². The number of nitrogens with one attached hydrogen (secondary N) is 1. The number of carboxylic acid groups (broad SMARTS) is 1. The molecule has 110 valence electrons. The first-order valence-corrected chi connectivity index (χ1v) is 6.29. The van der Waals surface area contributed by atoms with Crippen LogP contribution in [0.15, 0.2) is 6.20 Å². The van der Waals surface area contributed by atoms with E-state index in [9.17, 15) is 9.59 Å². The van der Waals surface area contributed by atoms with Crippen molar-refractivity contribution in [2.45, 2.75) is 39.5 Å². The highest BCUT2D eigenvalue weighted by Crippen LogP contribution is 2.22. The molecular formula is C12H18N4O4. The number of aromatic nitrogens is 2. The van der Waals surface area contributed by atoms with Crippen molar-refractivity contribution in [3.8, 4) is 0 Å². The van der Waals surface area contributed by atoms with Crippen LogP contribution < -0.4 is 5.32 Å². The lowest BCUT2D eigenvalue weighted by molar-refractivity contribution is 0.0195. The van der Waals surface area contributed by atoms with Crippen LogP contribution in [0.2, 0.25) is 0 Å². The molecule has 0 saturated carbocycles. The molecule has 0 aliphatic carbocycles. The van der Waals surface area contributed by atoms with Gasteiger partial charge in [0.25, 0.3) is 0 Å². The van der Waals surface area contributed by atoms with Gasteiger partial charge in [0.2, 0.25) is 0 Å². The van der Waals surface area contributed by atoms with Crippen molar-refractivity contribution in [3.05, 3.63) is 11.9 Å². The third-order valence-electron chi connectivity index (χ3n) is 2.76. The van der Waals surface area contributed by atoms with Gasteiger partial charge in [-0.1, -0.05) is 0 Å². The minimum atomic E-state index is -1.16. The molecule has 0 fully saturated rings. The molecule has 0 atom stereocenters. The molecule has 0 saturated heterocycles.